The first-order chi connectivity index (χ1) is 10.6. The van der Waals surface area contributed by atoms with Crippen molar-refractivity contribution < 1.29 is 4.79 Å². The van der Waals surface area contributed by atoms with E-state index in [2.05, 4.69) is 20.9 Å². The minimum Gasteiger partial charge on any atom is -0.361 e. The molecule has 3 aromatic rings. The van der Waals surface area contributed by atoms with Crippen LogP contribution in [0.15, 0.2) is 59.2 Å². The average Bonchev–Trinajstić information content (AvgIpc) is 2.93. The molecule has 0 aliphatic heterocycles. The number of hydrogen-bond acceptors (Lipinski definition) is 1. The second kappa shape index (κ2) is 6.36. The van der Waals surface area contributed by atoms with Crippen LogP contribution in [0.4, 0.5) is 0 Å². The molecule has 1 N–H and O–H groups in total. The van der Waals surface area contributed by atoms with Gasteiger partial charge in [0.25, 0.3) is 0 Å². The fourth-order valence-corrected chi connectivity index (χ4v) is 2.96. The molecule has 0 aliphatic carbocycles. The lowest BCUT2D eigenvalue weighted by atomic mass is 10.1. The summed E-state index contributed by atoms with van der Waals surface area (Å²) in [5, 5.41) is 1.12. The molecule has 0 unspecified atom stereocenters. The van der Waals surface area contributed by atoms with E-state index in [-0.39, 0.29) is 5.91 Å². The van der Waals surface area contributed by atoms with Gasteiger partial charge >= 0.3 is 0 Å². The Morgan fingerprint density at radius 1 is 1.09 bits per heavy atom. The molecule has 1 aromatic heterocycles. The predicted octanol–water partition coefficient (Wildman–Crippen LogP) is 4.13. The summed E-state index contributed by atoms with van der Waals surface area (Å²) in [4.78, 5) is 17.4. The Hall–Kier alpha value is -2.07. The maximum atomic E-state index is 12.5. The lowest BCUT2D eigenvalue weighted by molar-refractivity contribution is -0.129. The highest BCUT2D eigenvalue weighted by molar-refractivity contribution is 9.10. The number of rotatable bonds is 4. The van der Waals surface area contributed by atoms with Crippen LogP contribution in [-0.2, 0) is 17.8 Å². The van der Waals surface area contributed by atoms with Crippen molar-refractivity contribution in [3.8, 4) is 0 Å². The number of fused-ring (bicyclic) bond motifs is 1. The Balaban J connectivity index is 1.73. The molecule has 0 saturated heterocycles. The van der Waals surface area contributed by atoms with Crippen LogP contribution in [0, 0.1) is 0 Å². The topological polar surface area (TPSA) is 36.1 Å². The maximum absolute atomic E-state index is 12.5. The molecular weight excluding hydrogens is 340 g/mol. The lowest BCUT2D eigenvalue weighted by Gasteiger charge is -2.18. The molecule has 3 nitrogen and oxygen atoms in total. The van der Waals surface area contributed by atoms with Gasteiger partial charge in [0.15, 0.2) is 0 Å². The van der Waals surface area contributed by atoms with Gasteiger partial charge in [-0.15, -0.1) is 0 Å². The number of hydrogen-bond donors (Lipinski definition) is 1. The number of aromatic nitrogens is 1. The van der Waals surface area contributed by atoms with Crippen molar-refractivity contribution in [1.82, 2.24) is 9.88 Å². The summed E-state index contributed by atoms with van der Waals surface area (Å²) < 4.78 is 1.03. The first kappa shape index (κ1) is 14.9. The zero-order valence-corrected chi connectivity index (χ0v) is 13.9. The summed E-state index contributed by atoms with van der Waals surface area (Å²) in [7, 11) is 1.84. The smallest absolute Gasteiger partial charge is 0.227 e. The third kappa shape index (κ3) is 3.07. The van der Waals surface area contributed by atoms with Crippen LogP contribution in [-0.4, -0.2) is 22.8 Å². The summed E-state index contributed by atoms with van der Waals surface area (Å²) >= 11 is 3.52. The molecule has 1 amide bonds. The number of para-hydroxylation sites is 1. The molecule has 22 heavy (non-hydrogen) atoms. The number of nitrogens with one attached hydrogen (secondary N) is 1. The van der Waals surface area contributed by atoms with Gasteiger partial charge in [0.1, 0.15) is 0 Å². The van der Waals surface area contributed by atoms with E-state index >= 15 is 0 Å². The summed E-state index contributed by atoms with van der Waals surface area (Å²) in [5.74, 6) is 0.112. The first-order valence-corrected chi connectivity index (χ1v) is 7.97. The molecule has 0 spiro atoms. The standard InChI is InChI=1S/C18H17BrN2O/c1-21(12-13-6-2-4-8-16(13)19)18(22)10-14-11-20-17-9-5-3-7-15(14)17/h2-9,11,20H,10,12H2,1H3. The van der Waals surface area contributed by atoms with E-state index in [1.165, 1.54) is 0 Å². The molecular formula is C18H17BrN2O. The van der Waals surface area contributed by atoms with Crippen LogP contribution >= 0.6 is 15.9 Å². The third-order valence-electron chi connectivity index (χ3n) is 3.81. The molecule has 0 aliphatic rings. The number of halogens is 1. The van der Waals surface area contributed by atoms with Crippen molar-refractivity contribution in [3.63, 3.8) is 0 Å². The maximum Gasteiger partial charge on any atom is 0.227 e. The average molecular weight is 357 g/mol. The Morgan fingerprint density at radius 3 is 2.64 bits per heavy atom. The number of likely N-dealkylation sites (N-methyl/N-ethyl adjacent to an activating group) is 1. The molecule has 0 saturated carbocycles. The number of benzene rings is 2. The van der Waals surface area contributed by atoms with E-state index in [9.17, 15) is 4.79 Å². The molecule has 1 heterocycles. The van der Waals surface area contributed by atoms with Gasteiger partial charge in [0.05, 0.1) is 6.42 Å². The molecule has 0 fully saturated rings. The number of amides is 1. The SMILES string of the molecule is CN(Cc1ccccc1Br)C(=O)Cc1c[nH]c2ccccc12. The largest absolute Gasteiger partial charge is 0.361 e. The summed E-state index contributed by atoms with van der Waals surface area (Å²) in [5.41, 5.74) is 3.22. The van der Waals surface area contributed by atoms with Gasteiger partial charge in [-0.05, 0) is 23.3 Å². The molecule has 0 atom stereocenters. The van der Waals surface area contributed by atoms with Crippen LogP contribution < -0.4 is 0 Å². The Kier molecular flexibility index (Phi) is 4.29. The van der Waals surface area contributed by atoms with Gasteiger partial charge in [0.2, 0.25) is 5.91 Å². The van der Waals surface area contributed by atoms with Gasteiger partial charge in [-0.1, -0.05) is 52.3 Å². The number of carbonyl (C=O) groups excluding carboxylic acids is 1. The lowest BCUT2D eigenvalue weighted by Crippen LogP contribution is -2.27. The number of nitrogens with zero attached hydrogens (tertiary/aromatic N) is 1. The molecule has 3 rings (SSSR count). The molecule has 112 valence electrons. The van der Waals surface area contributed by atoms with E-state index < -0.39 is 0 Å². The Morgan fingerprint density at radius 2 is 1.82 bits per heavy atom. The van der Waals surface area contributed by atoms with Crippen molar-refractivity contribution in [2.75, 3.05) is 7.05 Å². The minimum atomic E-state index is 0.112. The van der Waals surface area contributed by atoms with Crippen LogP contribution in [0.1, 0.15) is 11.1 Å². The van der Waals surface area contributed by atoms with E-state index in [4.69, 9.17) is 0 Å². The van der Waals surface area contributed by atoms with Crippen molar-refractivity contribution in [3.05, 3.63) is 70.3 Å². The van der Waals surface area contributed by atoms with Gasteiger partial charge in [-0.25, -0.2) is 0 Å². The van der Waals surface area contributed by atoms with E-state index in [1.807, 2.05) is 61.8 Å². The summed E-state index contributed by atoms with van der Waals surface area (Å²) in [6.45, 7) is 0.600. The first-order valence-electron chi connectivity index (χ1n) is 7.17. The van der Waals surface area contributed by atoms with Gasteiger partial charge < -0.3 is 9.88 Å². The minimum absolute atomic E-state index is 0.112. The van der Waals surface area contributed by atoms with Crippen molar-refractivity contribution in [2.45, 2.75) is 13.0 Å². The van der Waals surface area contributed by atoms with Crippen LogP contribution in [0.5, 0.6) is 0 Å². The van der Waals surface area contributed by atoms with Crippen molar-refractivity contribution >= 4 is 32.7 Å². The van der Waals surface area contributed by atoms with E-state index in [0.717, 1.165) is 26.5 Å². The molecule has 2 aromatic carbocycles. The monoisotopic (exact) mass is 356 g/mol. The fourth-order valence-electron chi connectivity index (χ4n) is 2.55. The third-order valence-corrected chi connectivity index (χ3v) is 4.58. The second-order valence-corrected chi connectivity index (χ2v) is 6.23. The van der Waals surface area contributed by atoms with Gasteiger partial charge in [-0.3, -0.25) is 4.79 Å². The van der Waals surface area contributed by atoms with Gasteiger partial charge in [0, 0.05) is 35.2 Å². The number of aromatic amines is 1. The zero-order valence-electron chi connectivity index (χ0n) is 12.3. The summed E-state index contributed by atoms with van der Waals surface area (Å²) in [6, 6.07) is 16.0. The fraction of sp³-hybridized carbons (Fsp3) is 0.167. The normalized spacial score (nSPS) is 10.8. The van der Waals surface area contributed by atoms with Crippen LogP contribution in [0.25, 0.3) is 10.9 Å². The highest BCUT2D eigenvalue weighted by atomic mass is 79.9. The van der Waals surface area contributed by atoms with Crippen LogP contribution in [0.3, 0.4) is 0 Å². The molecule has 0 radical (unpaired) electrons. The van der Waals surface area contributed by atoms with Gasteiger partial charge in [-0.2, -0.15) is 0 Å². The molecule has 4 heteroatoms. The predicted molar refractivity (Wildman–Crippen MR) is 92.6 cm³/mol. The van der Waals surface area contributed by atoms with E-state index in [1.54, 1.807) is 4.90 Å². The highest BCUT2D eigenvalue weighted by Crippen LogP contribution is 2.20. The zero-order chi connectivity index (χ0) is 15.5. The Labute approximate surface area is 138 Å². The second-order valence-electron chi connectivity index (χ2n) is 5.38. The van der Waals surface area contributed by atoms with E-state index in [0.29, 0.717) is 13.0 Å². The number of H-pyrrole nitrogens is 1. The number of carbonyl (C=O) groups is 1. The molecule has 0 bridgehead atoms. The quantitative estimate of drug-likeness (QED) is 0.749. The summed E-state index contributed by atoms with van der Waals surface area (Å²) in [6.07, 6.45) is 2.33. The van der Waals surface area contributed by atoms with Crippen LogP contribution in [0.2, 0.25) is 0 Å². The Bertz CT molecular complexity index is 809. The highest BCUT2D eigenvalue weighted by Gasteiger charge is 2.13. The van der Waals surface area contributed by atoms with Crippen molar-refractivity contribution in [1.29, 1.82) is 0 Å². The van der Waals surface area contributed by atoms with Crippen molar-refractivity contribution in [2.24, 2.45) is 0 Å².